The lowest BCUT2D eigenvalue weighted by molar-refractivity contribution is -0.145. The van der Waals surface area contributed by atoms with E-state index in [0.29, 0.717) is 5.56 Å². The number of carbonyl (C=O) groups is 2. The highest BCUT2D eigenvalue weighted by atomic mass is 32.2. The fraction of sp³-hybridized carbons (Fsp3) is 0.385. The Hall–Kier alpha value is -1.49. The van der Waals surface area contributed by atoms with E-state index < -0.39 is 0 Å². The Labute approximate surface area is 110 Å². The van der Waals surface area contributed by atoms with Gasteiger partial charge in [-0.1, -0.05) is 18.2 Å². The highest BCUT2D eigenvalue weighted by Gasteiger charge is 2.31. The van der Waals surface area contributed by atoms with Gasteiger partial charge in [0.2, 0.25) is 0 Å². The van der Waals surface area contributed by atoms with Gasteiger partial charge in [-0.15, -0.1) is 0 Å². The lowest BCUT2D eigenvalue weighted by Gasteiger charge is -2.19. The van der Waals surface area contributed by atoms with Crippen LogP contribution < -0.4 is 5.32 Å². The maximum atomic E-state index is 12.0. The molecular formula is C13H15NO3S. The van der Waals surface area contributed by atoms with Crippen molar-refractivity contribution in [3.63, 3.8) is 0 Å². The fourth-order valence-corrected chi connectivity index (χ4v) is 3.06. The highest BCUT2D eigenvalue weighted by molar-refractivity contribution is 7.99. The number of benzene rings is 1. The molecule has 1 fully saturated rings. The van der Waals surface area contributed by atoms with Crippen molar-refractivity contribution in [3.05, 3.63) is 35.9 Å². The minimum absolute atomic E-state index is 0.105. The second kappa shape index (κ2) is 5.91. The van der Waals surface area contributed by atoms with Crippen LogP contribution in [0, 0.1) is 0 Å². The van der Waals surface area contributed by atoms with E-state index in [1.165, 1.54) is 6.92 Å². The normalized spacial score (nSPS) is 22.5. The van der Waals surface area contributed by atoms with E-state index in [0.717, 1.165) is 11.5 Å². The highest BCUT2D eigenvalue weighted by Crippen LogP contribution is 2.21. The number of nitrogens with one attached hydrogen (secondary N) is 1. The zero-order valence-electron chi connectivity index (χ0n) is 10.1. The first-order valence-electron chi connectivity index (χ1n) is 5.77. The first-order chi connectivity index (χ1) is 8.66. The summed E-state index contributed by atoms with van der Waals surface area (Å²) in [7, 11) is 0. The first-order valence-corrected chi connectivity index (χ1v) is 6.93. The molecule has 0 spiro atoms. The maximum absolute atomic E-state index is 12.0. The number of carbonyl (C=O) groups excluding carboxylic acids is 2. The number of thioether (sulfide) groups is 1. The van der Waals surface area contributed by atoms with Gasteiger partial charge in [0.05, 0.1) is 6.04 Å². The Bertz CT molecular complexity index is 435. The molecule has 1 N–H and O–H groups in total. The smallest absolute Gasteiger partial charge is 0.303 e. The number of ether oxygens (including phenoxy) is 1. The van der Waals surface area contributed by atoms with Gasteiger partial charge in [0.1, 0.15) is 6.10 Å². The molecule has 1 heterocycles. The summed E-state index contributed by atoms with van der Waals surface area (Å²) >= 11 is 1.68. The van der Waals surface area contributed by atoms with Crippen LogP contribution in [0.5, 0.6) is 0 Å². The van der Waals surface area contributed by atoms with Crippen molar-refractivity contribution >= 4 is 23.6 Å². The SMILES string of the molecule is CC(=O)O[C@H]1CSC[C@@H]1NC(=O)c1ccccc1. The topological polar surface area (TPSA) is 55.4 Å². The maximum Gasteiger partial charge on any atom is 0.303 e. The molecule has 2 atom stereocenters. The van der Waals surface area contributed by atoms with Gasteiger partial charge in [0, 0.05) is 24.0 Å². The summed E-state index contributed by atoms with van der Waals surface area (Å²) in [6.45, 7) is 1.39. The van der Waals surface area contributed by atoms with Gasteiger partial charge in [-0.2, -0.15) is 11.8 Å². The standard InChI is InChI=1S/C13H15NO3S/c1-9(15)17-12-8-18-7-11(12)14-13(16)10-5-3-2-4-6-10/h2-6,11-12H,7-8H2,1H3,(H,14,16)/t11-,12-/m0/s1. The molecule has 18 heavy (non-hydrogen) atoms. The minimum Gasteiger partial charge on any atom is -0.459 e. The first kappa shape index (κ1) is 13.0. The van der Waals surface area contributed by atoms with E-state index in [9.17, 15) is 9.59 Å². The van der Waals surface area contributed by atoms with E-state index in [1.807, 2.05) is 18.2 Å². The van der Waals surface area contributed by atoms with Crippen molar-refractivity contribution in [1.29, 1.82) is 0 Å². The third-order valence-electron chi connectivity index (χ3n) is 2.70. The van der Waals surface area contributed by atoms with E-state index in [-0.39, 0.29) is 24.0 Å². The van der Waals surface area contributed by atoms with Gasteiger partial charge in [-0.3, -0.25) is 9.59 Å². The molecule has 0 saturated carbocycles. The molecular weight excluding hydrogens is 250 g/mol. The minimum atomic E-state index is -0.304. The molecule has 5 heteroatoms. The molecule has 1 saturated heterocycles. The van der Waals surface area contributed by atoms with E-state index in [1.54, 1.807) is 23.9 Å². The molecule has 0 unspecified atom stereocenters. The van der Waals surface area contributed by atoms with Crippen LogP contribution in [0.25, 0.3) is 0 Å². The second-order valence-electron chi connectivity index (χ2n) is 4.13. The lowest BCUT2D eigenvalue weighted by Crippen LogP contribution is -2.44. The molecule has 2 rings (SSSR count). The van der Waals surface area contributed by atoms with E-state index in [4.69, 9.17) is 4.74 Å². The zero-order chi connectivity index (χ0) is 13.0. The molecule has 0 aliphatic carbocycles. The van der Waals surface area contributed by atoms with Crippen molar-refractivity contribution in [1.82, 2.24) is 5.32 Å². The number of esters is 1. The quantitative estimate of drug-likeness (QED) is 0.841. The third kappa shape index (κ3) is 3.26. The van der Waals surface area contributed by atoms with Crippen LogP contribution in [0.15, 0.2) is 30.3 Å². The van der Waals surface area contributed by atoms with Crippen molar-refractivity contribution < 1.29 is 14.3 Å². The summed E-state index contributed by atoms with van der Waals surface area (Å²) in [5, 5.41) is 2.91. The molecule has 4 nitrogen and oxygen atoms in total. The van der Waals surface area contributed by atoms with Crippen LogP contribution in [-0.4, -0.2) is 35.5 Å². The third-order valence-corrected chi connectivity index (χ3v) is 3.86. The molecule has 1 amide bonds. The number of amides is 1. The molecule has 1 aliphatic heterocycles. The summed E-state index contributed by atoms with van der Waals surface area (Å²) in [5.41, 5.74) is 0.621. The molecule has 0 aromatic heterocycles. The average Bonchev–Trinajstić information content (AvgIpc) is 2.77. The summed E-state index contributed by atoms with van der Waals surface area (Å²) in [6.07, 6.45) is -0.222. The van der Waals surface area contributed by atoms with Crippen LogP contribution in [0.2, 0.25) is 0 Å². The molecule has 1 aromatic carbocycles. The molecule has 1 aliphatic rings. The van der Waals surface area contributed by atoms with E-state index in [2.05, 4.69) is 5.32 Å². The number of hydrogen-bond acceptors (Lipinski definition) is 4. The summed E-state index contributed by atoms with van der Waals surface area (Å²) in [6, 6.07) is 8.93. The summed E-state index contributed by atoms with van der Waals surface area (Å²) in [5.74, 6) is 1.08. The van der Waals surface area contributed by atoms with Crippen molar-refractivity contribution in [2.45, 2.75) is 19.1 Å². The predicted octanol–water partition coefficient (Wildman–Crippen LogP) is 1.46. The monoisotopic (exact) mass is 265 g/mol. The van der Waals surface area contributed by atoms with Crippen LogP contribution in [-0.2, 0) is 9.53 Å². The lowest BCUT2D eigenvalue weighted by atomic mass is 10.1. The Morgan fingerprint density at radius 2 is 2.00 bits per heavy atom. The van der Waals surface area contributed by atoms with E-state index >= 15 is 0 Å². The van der Waals surface area contributed by atoms with Gasteiger partial charge in [0.15, 0.2) is 0 Å². The fourth-order valence-electron chi connectivity index (χ4n) is 1.84. The molecule has 96 valence electrons. The van der Waals surface area contributed by atoms with Gasteiger partial charge < -0.3 is 10.1 Å². The van der Waals surface area contributed by atoms with Gasteiger partial charge in [-0.25, -0.2) is 0 Å². The Kier molecular flexibility index (Phi) is 4.25. The van der Waals surface area contributed by atoms with Crippen molar-refractivity contribution in [3.8, 4) is 0 Å². The Balaban J connectivity index is 1.96. The molecule has 1 aromatic rings. The predicted molar refractivity (Wildman–Crippen MR) is 70.6 cm³/mol. The largest absolute Gasteiger partial charge is 0.459 e. The molecule has 0 radical (unpaired) electrons. The molecule has 0 bridgehead atoms. The van der Waals surface area contributed by atoms with Crippen LogP contribution in [0.3, 0.4) is 0 Å². The Morgan fingerprint density at radius 1 is 1.28 bits per heavy atom. The number of rotatable bonds is 3. The average molecular weight is 265 g/mol. The van der Waals surface area contributed by atoms with Gasteiger partial charge >= 0.3 is 5.97 Å². The summed E-state index contributed by atoms with van der Waals surface area (Å²) in [4.78, 5) is 22.9. The zero-order valence-corrected chi connectivity index (χ0v) is 10.9. The Morgan fingerprint density at radius 3 is 2.67 bits per heavy atom. The van der Waals surface area contributed by atoms with Crippen LogP contribution in [0.4, 0.5) is 0 Å². The van der Waals surface area contributed by atoms with Gasteiger partial charge in [-0.05, 0) is 12.1 Å². The van der Waals surface area contributed by atoms with Gasteiger partial charge in [0.25, 0.3) is 5.91 Å². The number of hydrogen-bond donors (Lipinski definition) is 1. The van der Waals surface area contributed by atoms with Crippen LogP contribution >= 0.6 is 11.8 Å². The van der Waals surface area contributed by atoms with Crippen molar-refractivity contribution in [2.24, 2.45) is 0 Å². The van der Waals surface area contributed by atoms with Crippen molar-refractivity contribution in [2.75, 3.05) is 11.5 Å². The second-order valence-corrected chi connectivity index (χ2v) is 5.21. The summed E-state index contributed by atoms with van der Waals surface area (Å²) < 4.78 is 5.19. The van der Waals surface area contributed by atoms with Crippen LogP contribution in [0.1, 0.15) is 17.3 Å².